The van der Waals surface area contributed by atoms with E-state index < -0.39 is 6.04 Å². The molecule has 0 radical (unpaired) electrons. The Morgan fingerprint density at radius 1 is 1.15 bits per heavy atom. The Morgan fingerprint density at radius 3 is 2.59 bits per heavy atom. The number of nitrogens with zero attached hydrogens (tertiary/aromatic N) is 2. The molecule has 1 aliphatic heterocycles. The van der Waals surface area contributed by atoms with Crippen molar-refractivity contribution in [3.05, 3.63) is 53.6 Å². The molecule has 3 atom stereocenters. The lowest BCUT2D eigenvalue weighted by atomic mass is 10.1. The summed E-state index contributed by atoms with van der Waals surface area (Å²) in [6.45, 7) is 4.57. The van der Waals surface area contributed by atoms with E-state index in [0.717, 1.165) is 37.8 Å². The van der Waals surface area contributed by atoms with Gasteiger partial charge in [0.2, 0.25) is 17.7 Å². The van der Waals surface area contributed by atoms with Gasteiger partial charge in [-0.2, -0.15) is 0 Å². The van der Waals surface area contributed by atoms with Crippen LogP contribution in [0.15, 0.2) is 36.5 Å². The fourth-order valence-electron chi connectivity index (χ4n) is 4.53. The van der Waals surface area contributed by atoms with Gasteiger partial charge in [0.05, 0.1) is 12.5 Å². The van der Waals surface area contributed by atoms with Crippen molar-refractivity contribution in [2.45, 2.75) is 76.9 Å². The van der Waals surface area contributed by atoms with Crippen molar-refractivity contribution in [3.63, 3.8) is 0 Å². The Labute approximate surface area is 200 Å². The lowest BCUT2D eigenvalue weighted by molar-refractivity contribution is -0.137. The van der Waals surface area contributed by atoms with Gasteiger partial charge < -0.3 is 20.5 Å². The number of nitrogens with one attached hydrogen (secondary N) is 3. The molecule has 2 aliphatic rings. The van der Waals surface area contributed by atoms with Crippen molar-refractivity contribution in [1.82, 2.24) is 25.5 Å². The second kappa shape index (κ2) is 10.8. The highest BCUT2D eigenvalue weighted by molar-refractivity contribution is 5.92. The Bertz CT molecular complexity index is 1000. The number of hydrogen-bond acceptors (Lipinski definition) is 4. The van der Waals surface area contributed by atoms with Gasteiger partial charge >= 0.3 is 0 Å². The maximum atomic E-state index is 13.2. The average Bonchev–Trinajstić information content (AvgIpc) is 3.31. The van der Waals surface area contributed by atoms with Crippen molar-refractivity contribution in [1.29, 1.82) is 0 Å². The summed E-state index contributed by atoms with van der Waals surface area (Å²) < 4.78 is 0. The number of rotatable bonds is 10. The Hall–Kier alpha value is -3.16. The van der Waals surface area contributed by atoms with Crippen LogP contribution in [0.1, 0.15) is 75.5 Å². The van der Waals surface area contributed by atoms with Crippen molar-refractivity contribution in [2.24, 2.45) is 5.92 Å². The summed E-state index contributed by atoms with van der Waals surface area (Å²) in [5.74, 6) is 0.427. The molecule has 182 valence electrons. The number of amides is 3. The lowest BCUT2D eigenvalue weighted by Gasteiger charge is -2.25. The van der Waals surface area contributed by atoms with Gasteiger partial charge in [-0.05, 0) is 51.0 Å². The molecule has 34 heavy (non-hydrogen) atoms. The van der Waals surface area contributed by atoms with Crippen molar-refractivity contribution >= 4 is 17.7 Å². The Balaban J connectivity index is 1.38. The third kappa shape index (κ3) is 6.46. The summed E-state index contributed by atoms with van der Waals surface area (Å²) in [4.78, 5) is 48.1. The number of likely N-dealkylation sites (tertiary alicyclic amines) is 1. The maximum absolute atomic E-state index is 13.2. The van der Waals surface area contributed by atoms with E-state index in [1.54, 1.807) is 6.20 Å². The molecule has 2 aromatic rings. The van der Waals surface area contributed by atoms with Crippen LogP contribution in [0.3, 0.4) is 0 Å². The normalized spacial score (nSPS) is 19.5. The molecule has 1 saturated carbocycles. The summed E-state index contributed by atoms with van der Waals surface area (Å²) >= 11 is 0. The number of carbonyl (C=O) groups excluding carboxylic acids is 3. The first-order chi connectivity index (χ1) is 16.4. The Kier molecular flexibility index (Phi) is 7.65. The van der Waals surface area contributed by atoms with E-state index in [9.17, 15) is 14.4 Å². The lowest BCUT2D eigenvalue weighted by Crippen LogP contribution is -2.50. The second-order valence-corrected chi connectivity index (χ2v) is 9.74. The van der Waals surface area contributed by atoms with Crippen LogP contribution in [-0.4, -0.2) is 51.2 Å². The predicted octanol–water partition coefficient (Wildman–Crippen LogP) is 2.86. The van der Waals surface area contributed by atoms with E-state index in [1.807, 2.05) is 36.9 Å². The topological polar surface area (TPSA) is 107 Å². The summed E-state index contributed by atoms with van der Waals surface area (Å²) in [5.41, 5.74) is 2.12. The molecule has 1 aliphatic carbocycles. The minimum atomic E-state index is -0.896. The van der Waals surface area contributed by atoms with Crippen molar-refractivity contribution < 1.29 is 14.4 Å². The Morgan fingerprint density at radius 2 is 1.91 bits per heavy atom. The molecule has 2 heterocycles. The highest BCUT2D eigenvalue weighted by Gasteiger charge is 2.32. The molecule has 0 bridgehead atoms. The first-order valence-corrected chi connectivity index (χ1v) is 12.4. The number of H-pyrrole nitrogens is 1. The van der Waals surface area contributed by atoms with E-state index >= 15 is 0 Å². The van der Waals surface area contributed by atoms with Crippen LogP contribution in [0, 0.1) is 5.92 Å². The number of hydrogen-bond donors (Lipinski definition) is 3. The molecule has 2 fully saturated rings. The zero-order valence-electron chi connectivity index (χ0n) is 20.0. The van der Waals surface area contributed by atoms with Crippen LogP contribution in [0.25, 0.3) is 0 Å². The summed E-state index contributed by atoms with van der Waals surface area (Å²) in [6.07, 6.45) is 6.92. The van der Waals surface area contributed by atoms with E-state index in [1.165, 1.54) is 5.56 Å². The van der Waals surface area contributed by atoms with Crippen LogP contribution < -0.4 is 10.6 Å². The molecule has 1 aromatic heterocycles. The molecule has 8 heteroatoms. The van der Waals surface area contributed by atoms with E-state index in [-0.39, 0.29) is 36.2 Å². The molecular weight excluding hydrogens is 430 g/mol. The molecule has 1 aromatic carbocycles. The minimum absolute atomic E-state index is 0.0310. The molecular formula is C26H35N5O3. The standard InChI is InChI=1S/C26H35N5O3/c1-17-7-6-12-31(17)24(33)15-22(30-23(32)14-20-10-11-20)26(34)28-18(2)25-27-16-21(29-25)13-19-8-4-3-5-9-19/h3-5,8-9,16-18,20,22H,6-7,10-15H2,1-2H3,(H,27,29)(H,28,34)(H,30,32)/t17-,18-,22-/m0/s1. The fourth-order valence-corrected chi connectivity index (χ4v) is 4.53. The summed E-state index contributed by atoms with van der Waals surface area (Å²) in [6, 6.07) is 8.97. The summed E-state index contributed by atoms with van der Waals surface area (Å²) in [5, 5.41) is 5.76. The van der Waals surface area contributed by atoms with Crippen molar-refractivity contribution in [2.75, 3.05) is 6.54 Å². The molecule has 4 rings (SSSR count). The number of imidazole rings is 1. The summed E-state index contributed by atoms with van der Waals surface area (Å²) in [7, 11) is 0. The SMILES string of the molecule is C[C@H](NC(=O)[C@H](CC(=O)N1CCC[C@@H]1C)NC(=O)CC1CC1)c1ncc(Cc2ccccc2)[nH]1. The van der Waals surface area contributed by atoms with Crippen LogP contribution in [0.2, 0.25) is 0 Å². The smallest absolute Gasteiger partial charge is 0.243 e. The van der Waals surface area contributed by atoms with Crippen LogP contribution in [0.4, 0.5) is 0 Å². The first-order valence-electron chi connectivity index (χ1n) is 12.4. The molecule has 1 saturated heterocycles. The van der Waals surface area contributed by atoms with Gasteiger partial charge in [0.25, 0.3) is 0 Å². The number of benzene rings is 1. The number of aromatic amines is 1. The molecule has 3 amide bonds. The highest BCUT2D eigenvalue weighted by Crippen LogP contribution is 2.32. The largest absolute Gasteiger partial charge is 0.345 e. The highest BCUT2D eigenvalue weighted by atomic mass is 16.2. The first kappa shape index (κ1) is 24.0. The molecule has 0 unspecified atom stereocenters. The second-order valence-electron chi connectivity index (χ2n) is 9.74. The number of carbonyl (C=O) groups is 3. The third-order valence-corrected chi connectivity index (χ3v) is 6.73. The van der Waals surface area contributed by atoms with Gasteiger partial charge in [-0.25, -0.2) is 4.98 Å². The van der Waals surface area contributed by atoms with E-state index in [2.05, 4.69) is 32.7 Å². The zero-order chi connectivity index (χ0) is 24.1. The molecule has 8 nitrogen and oxygen atoms in total. The number of aromatic nitrogens is 2. The van der Waals surface area contributed by atoms with Gasteiger partial charge in [0.15, 0.2) is 0 Å². The predicted molar refractivity (Wildman–Crippen MR) is 129 cm³/mol. The maximum Gasteiger partial charge on any atom is 0.243 e. The van der Waals surface area contributed by atoms with Gasteiger partial charge in [-0.15, -0.1) is 0 Å². The quantitative estimate of drug-likeness (QED) is 0.501. The van der Waals surface area contributed by atoms with Gasteiger partial charge in [-0.1, -0.05) is 30.3 Å². The van der Waals surface area contributed by atoms with Crippen LogP contribution >= 0.6 is 0 Å². The van der Waals surface area contributed by atoms with E-state index in [0.29, 0.717) is 24.7 Å². The monoisotopic (exact) mass is 465 g/mol. The minimum Gasteiger partial charge on any atom is -0.345 e. The van der Waals surface area contributed by atoms with Crippen LogP contribution in [0.5, 0.6) is 0 Å². The fraction of sp³-hybridized carbons (Fsp3) is 0.538. The average molecular weight is 466 g/mol. The third-order valence-electron chi connectivity index (χ3n) is 6.73. The van der Waals surface area contributed by atoms with Gasteiger partial charge in [0.1, 0.15) is 11.9 Å². The van der Waals surface area contributed by atoms with Crippen molar-refractivity contribution in [3.8, 4) is 0 Å². The van der Waals surface area contributed by atoms with Gasteiger partial charge in [-0.3, -0.25) is 14.4 Å². The zero-order valence-corrected chi connectivity index (χ0v) is 20.0. The van der Waals surface area contributed by atoms with E-state index in [4.69, 9.17) is 0 Å². The van der Waals surface area contributed by atoms with Crippen LogP contribution in [-0.2, 0) is 20.8 Å². The van der Waals surface area contributed by atoms with Gasteiger partial charge in [0, 0.05) is 37.3 Å². The molecule has 0 spiro atoms. The molecule has 3 N–H and O–H groups in total.